The molecule has 1 aliphatic heterocycles. The lowest BCUT2D eigenvalue weighted by Gasteiger charge is -2.33. The molecule has 1 aliphatic rings. The molecule has 1 aromatic rings. The van der Waals surface area contributed by atoms with Gasteiger partial charge >= 0.3 is 0 Å². The Labute approximate surface area is 113 Å². The van der Waals surface area contributed by atoms with Crippen LogP contribution in [0.5, 0.6) is 0 Å². The number of nitrogens with two attached hydrogens (primary N) is 1. The van der Waals surface area contributed by atoms with Crippen molar-refractivity contribution < 1.29 is 0 Å². The molecule has 98 valence electrons. The summed E-state index contributed by atoms with van der Waals surface area (Å²) in [6, 6.07) is 0. The van der Waals surface area contributed by atoms with Crippen LogP contribution in [0, 0.1) is 0 Å². The second kappa shape index (κ2) is 7.10. The Hall–Kier alpha value is -0.430. The van der Waals surface area contributed by atoms with Gasteiger partial charge in [-0.2, -0.15) is 4.37 Å². The van der Waals surface area contributed by atoms with E-state index in [9.17, 15) is 0 Å². The first-order valence-corrected chi connectivity index (χ1v) is 6.60. The minimum absolute atomic E-state index is 0. The number of hydrogen-bond acceptors (Lipinski definition) is 6. The van der Waals surface area contributed by atoms with E-state index in [0.717, 1.165) is 56.6 Å². The number of anilines is 1. The molecule has 0 atom stereocenters. The Morgan fingerprint density at radius 1 is 1.29 bits per heavy atom. The molecule has 0 aromatic carbocycles. The van der Waals surface area contributed by atoms with E-state index in [0.29, 0.717) is 0 Å². The van der Waals surface area contributed by atoms with Gasteiger partial charge in [-0.1, -0.05) is 6.92 Å². The van der Waals surface area contributed by atoms with Crippen molar-refractivity contribution in [3.63, 3.8) is 0 Å². The van der Waals surface area contributed by atoms with Crippen molar-refractivity contribution in [3.05, 3.63) is 5.82 Å². The average Bonchev–Trinajstić information content (AvgIpc) is 2.79. The fourth-order valence-corrected chi connectivity index (χ4v) is 2.66. The van der Waals surface area contributed by atoms with Gasteiger partial charge in [0.1, 0.15) is 5.82 Å². The topological polar surface area (TPSA) is 58.3 Å². The first-order chi connectivity index (χ1) is 7.83. The maximum absolute atomic E-state index is 5.55. The summed E-state index contributed by atoms with van der Waals surface area (Å²) in [7, 11) is 0. The van der Waals surface area contributed by atoms with Gasteiger partial charge in [0.15, 0.2) is 0 Å². The standard InChI is InChI=1S/C10H19N5S.ClH/c1-2-9-12-10(16-13-9)15-7-5-14(4-3-11)6-8-15;/h2-8,11H2,1H3;1H. The van der Waals surface area contributed by atoms with E-state index in [1.807, 2.05) is 0 Å². The molecule has 0 spiro atoms. The summed E-state index contributed by atoms with van der Waals surface area (Å²) in [5.74, 6) is 0.962. The van der Waals surface area contributed by atoms with Crippen molar-refractivity contribution in [1.82, 2.24) is 14.3 Å². The van der Waals surface area contributed by atoms with E-state index < -0.39 is 0 Å². The number of aryl methyl sites for hydroxylation is 1. The summed E-state index contributed by atoms with van der Waals surface area (Å²) >= 11 is 1.52. The van der Waals surface area contributed by atoms with E-state index in [1.165, 1.54) is 11.5 Å². The number of nitrogens with zero attached hydrogens (tertiary/aromatic N) is 4. The molecule has 0 bridgehead atoms. The highest BCUT2D eigenvalue weighted by atomic mass is 35.5. The van der Waals surface area contributed by atoms with Gasteiger partial charge in [0.2, 0.25) is 5.13 Å². The maximum Gasteiger partial charge on any atom is 0.205 e. The van der Waals surface area contributed by atoms with E-state index in [4.69, 9.17) is 5.73 Å². The number of rotatable bonds is 4. The first-order valence-electron chi connectivity index (χ1n) is 5.83. The average molecular weight is 278 g/mol. The molecule has 1 saturated heterocycles. The highest BCUT2D eigenvalue weighted by Gasteiger charge is 2.18. The molecule has 0 saturated carbocycles. The van der Waals surface area contributed by atoms with Gasteiger partial charge in [-0.15, -0.1) is 12.4 Å². The van der Waals surface area contributed by atoms with E-state index in [2.05, 4.69) is 26.1 Å². The van der Waals surface area contributed by atoms with Gasteiger partial charge in [0.05, 0.1) is 0 Å². The van der Waals surface area contributed by atoms with Gasteiger partial charge in [0.25, 0.3) is 0 Å². The summed E-state index contributed by atoms with van der Waals surface area (Å²) in [5, 5.41) is 1.07. The van der Waals surface area contributed by atoms with Crippen molar-refractivity contribution in [2.75, 3.05) is 44.2 Å². The Bertz CT molecular complexity index is 324. The molecule has 1 aromatic heterocycles. The summed E-state index contributed by atoms with van der Waals surface area (Å²) in [4.78, 5) is 9.24. The zero-order valence-electron chi connectivity index (χ0n) is 10.1. The molecule has 7 heteroatoms. The number of aromatic nitrogens is 2. The lowest BCUT2D eigenvalue weighted by molar-refractivity contribution is 0.265. The molecule has 0 aliphatic carbocycles. The zero-order valence-corrected chi connectivity index (χ0v) is 11.8. The predicted octanol–water partition coefficient (Wildman–Crippen LogP) is 0.603. The van der Waals surface area contributed by atoms with Crippen LogP contribution in [0.15, 0.2) is 0 Å². The van der Waals surface area contributed by atoms with Gasteiger partial charge < -0.3 is 10.6 Å². The van der Waals surface area contributed by atoms with Crippen molar-refractivity contribution in [1.29, 1.82) is 0 Å². The Balaban J connectivity index is 0.00000144. The third-order valence-electron chi connectivity index (χ3n) is 2.86. The highest BCUT2D eigenvalue weighted by molar-refractivity contribution is 7.09. The molecule has 0 unspecified atom stereocenters. The lowest BCUT2D eigenvalue weighted by atomic mass is 10.3. The summed E-state index contributed by atoms with van der Waals surface area (Å²) in [6.45, 7) is 8.08. The van der Waals surface area contributed by atoms with E-state index in [-0.39, 0.29) is 12.4 Å². The van der Waals surface area contributed by atoms with Crippen molar-refractivity contribution >= 4 is 29.1 Å². The molecular weight excluding hydrogens is 258 g/mol. The highest BCUT2D eigenvalue weighted by Crippen LogP contribution is 2.18. The smallest absolute Gasteiger partial charge is 0.205 e. The number of piperazine rings is 1. The Kier molecular flexibility index (Phi) is 6.11. The van der Waals surface area contributed by atoms with Crippen LogP contribution in [0.2, 0.25) is 0 Å². The van der Waals surface area contributed by atoms with Crippen LogP contribution < -0.4 is 10.6 Å². The van der Waals surface area contributed by atoms with Crippen molar-refractivity contribution in [3.8, 4) is 0 Å². The van der Waals surface area contributed by atoms with Gasteiger partial charge in [-0.25, -0.2) is 4.98 Å². The van der Waals surface area contributed by atoms with Crippen LogP contribution in [0.25, 0.3) is 0 Å². The molecule has 2 heterocycles. The predicted molar refractivity (Wildman–Crippen MR) is 74.2 cm³/mol. The molecule has 0 radical (unpaired) electrons. The molecule has 2 rings (SSSR count). The Morgan fingerprint density at radius 3 is 2.53 bits per heavy atom. The van der Waals surface area contributed by atoms with E-state index >= 15 is 0 Å². The molecule has 17 heavy (non-hydrogen) atoms. The minimum atomic E-state index is 0. The van der Waals surface area contributed by atoms with Gasteiger partial charge in [-0.05, 0) is 0 Å². The minimum Gasteiger partial charge on any atom is -0.344 e. The first kappa shape index (κ1) is 14.6. The lowest BCUT2D eigenvalue weighted by Crippen LogP contribution is -2.47. The van der Waals surface area contributed by atoms with Crippen LogP contribution in [-0.4, -0.2) is 53.5 Å². The zero-order chi connectivity index (χ0) is 11.4. The quantitative estimate of drug-likeness (QED) is 0.874. The SMILES string of the molecule is CCc1nsc(N2CCN(CCN)CC2)n1.Cl. The fraction of sp³-hybridized carbons (Fsp3) is 0.800. The largest absolute Gasteiger partial charge is 0.344 e. The molecule has 1 fully saturated rings. The van der Waals surface area contributed by atoms with Crippen LogP contribution in [-0.2, 0) is 6.42 Å². The van der Waals surface area contributed by atoms with Crippen molar-refractivity contribution in [2.24, 2.45) is 5.73 Å². The third kappa shape index (κ3) is 3.77. The summed E-state index contributed by atoms with van der Waals surface area (Å²) in [6.07, 6.45) is 0.920. The fourth-order valence-electron chi connectivity index (χ4n) is 1.86. The number of hydrogen-bond donors (Lipinski definition) is 1. The maximum atomic E-state index is 5.55. The van der Waals surface area contributed by atoms with Crippen LogP contribution in [0.4, 0.5) is 5.13 Å². The second-order valence-electron chi connectivity index (χ2n) is 3.96. The van der Waals surface area contributed by atoms with Crippen LogP contribution >= 0.6 is 23.9 Å². The molecule has 0 amide bonds. The molecular formula is C10H20ClN5S. The summed E-state index contributed by atoms with van der Waals surface area (Å²) < 4.78 is 4.32. The van der Waals surface area contributed by atoms with E-state index in [1.54, 1.807) is 0 Å². The van der Waals surface area contributed by atoms with Gasteiger partial charge in [0, 0.05) is 57.2 Å². The molecule has 5 nitrogen and oxygen atoms in total. The Morgan fingerprint density at radius 2 is 2.00 bits per heavy atom. The van der Waals surface area contributed by atoms with Crippen LogP contribution in [0.3, 0.4) is 0 Å². The van der Waals surface area contributed by atoms with Gasteiger partial charge in [-0.3, -0.25) is 4.90 Å². The monoisotopic (exact) mass is 277 g/mol. The normalized spacial score (nSPS) is 16.9. The number of halogens is 1. The second-order valence-corrected chi connectivity index (χ2v) is 4.69. The van der Waals surface area contributed by atoms with Crippen LogP contribution in [0.1, 0.15) is 12.7 Å². The third-order valence-corrected chi connectivity index (χ3v) is 3.68. The summed E-state index contributed by atoms with van der Waals surface area (Å²) in [5.41, 5.74) is 5.55. The van der Waals surface area contributed by atoms with Crippen molar-refractivity contribution in [2.45, 2.75) is 13.3 Å². The molecule has 2 N–H and O–H groups in total.